The van der Waals surface area contributed by atoms with Gasteiger partial charge in [0.2, 0.25) is 5.89 Å². The number of carbonyl (C=O) groups is 1. The molecule has 0 aliphatic carbocycles. The van der Waals surface area contributed by atoms with Crippen LogP contribution in [0.25, 0.3) is 22.6 Å². The number of hydrogen-bond acceptors (Lipinski definition) is 4. The van der Waals surface area contributed by atoms with Crippen LogP contribution in [-0.2, 0) is 0 Å². The van der Waals surface area contributed by atoms with E-state index in [1.807, 2.05) is 18.2 Å². The lowest BCUT2D eigenvalue weighted by Gasteiger charge is -2.13. The van der Waals surface area contributed by atoms with Crippen LogP contribution in [0.4, 0.5) is 5.69 Å². The monoisotopic (exact) mass is 590 g/mol. The summed E-state index contributed by atoms with van der Waals surface area (Å²) in [6.07, 6.45) is 1.05. The number of amides is 1. The summed E-state index contributed by atoms with van der Waals surface area (Å²) >= 11 is 13.2. The molecule has 1 aromatic heterocycles. The van der Waals surface area contributed by atoms with E-state index in [1.54, 1.807) is 18.2 Å². The number of ether oxygens (including phenoxy) is 1. The predicted octanol–water partition coefficient (Wildman–Crippen LogP) is 8.45. The Morgan fingerprint density at radius 2 is 1.97 bits per heavy atom. The molecule has 4 aromatic rings. The van der Waals surface area contributed by atoms with Crippen molar-refractivity contribution >= 4 is 66.2 Å². The molecule has 0 radical (unpaired) electrons. The molecular formula is C25H21Br2ClN2O3. The van der Waals surface area contributed by atoms with E-state index in [-0.39, 0.29) is 5.91 Å². The second kappa shape index (κ2) is 9.87. The van der Waals surface area contributed by atoms with Crippen molar-refractivity contribution in [2.75, 3.05) is 12.4 Å². The molecule has 1 heterocycles. The molecule has 0 saturated heterocycles. The lowest BCUT2D eigenvalue weighted by atomic mass is 9.98. The Morgan fingerprint density at radius 1 is 1.18 bits per heavy atom. The largest absolute Gasteiger partial charge is 0.495 e. The number of nitrogens with zero attached hydrogens (tertiary/aromatic N) is 1. The minimum Gasteiger partial charge on any atom is -0.495 e. The SMILES string of the molecule is CCC(C)c1ccc2oc(-c3ccc(Cl)c(NC(=O)c4cc(Br)cc(Br)c4OC)c3)nc2c1. The number of carbonyl (C=O) groups excluding carboxylic acids is 1. The number of benzene rings is 3. The molecule has 170 valence electrons. The maximum absolute atomic E-state index is 13.0. The summed E-state index contributed by atoms with van der Waals surface area (Å²) in [7, 11) is 1.51. The van der Waals surface area contributed by atoms with Gasteiger partial charge in [0, 0.05) is 10.0 Å². The van der Waals surface area contributed by atoms with Crippen LogP contribution in [0.2, 0.25) is 5.02 Å². The first kappa shape index (κ1) is 23.8. The number of nitrogens with one attached hydrogen (secondary N) is 1. The van der Waals surface area contributed by atoms with Crippen LogP contribution in [0.3, 0.4) is 0 Å². The van der Waals surface area contributed by atoms with Crippen molar-refractivity contribution in [1.82, 2.24) is 4.98 Å². The van der Waals surface area contributed by atoms with E-state index in [1.165, 1.54) is 12.7 Å². The number of oxazole rings is 1. The molecule has 1 N–H and O–H groups in total. The summed E-state index contributed by atoms with van der Waals surface area (Å²) in [5, 5.41) is 3.27. The summed E-state index contributed by atoms with van der Waals surface area (Å²) in [6.45, 7) is 4.35. The van der Waals surface area contributed by atoms with Gasteiger partial charge < -0.3 is 14.5 Å². The van der Waals surface area contributed by atoms with Crippen molar-refractivity contribution in [3.63, 3.8) is 0 Å². The molecule has 0 fully saturated rings. The first-order valence-corrected chi connectivity index (χ1v) is 12.3. The number of rotatable bonds is 6. The topological polar surface area (TPSA) is 64.4 Å². The Labute approximate surface area is 213 Å². The molecule has 3 aromatic carbocycles. The Kier molecular flexibility index (Phi) is 7.12. The standard InChI is InChI=1S/C25H21Br2ClN2O3/c1-4-13(2)14-6-8-22-21(9-14)30-25(33-22)15-5-7-19(28)20(10-15)29-24(31)17-11-16(26)12-18(27)23(17)32-3/h5-13H,4H2,1-3H3,(H,29,31). The van der Waals surface area contributed by atoms with Gasteiger partial charge in [-0.1, -0.05) is 47.4 Å². The van der Waals surface area contributed by atoms with E-state index in [0.717, 1.165) is 16.4 Å². The van der Waals surface area contributed by atoms with Crippen molar-refractivity contribution in [2.45, 2.75) is 26.2 Å². The predicted molar refractivity (Wildman–Crippen MR) is 140 cm³/mol. The molecule has 5 nitrogen and oxygen atoms in total. The summed E-state index contributed by atoms with van der Waals surface area (Å²) in [5.74, 6) is 0.978. The van der Waals surface area contributed by atoms with Gasteiger partial charge in [0.1, 0.15) is 11.3 Å². The highest BCUT2D eigenvalue weighted by molar-refractivity contribution is 9.11. The molecule has 0 aliphatic rings. The first-order chi connectivity index (χ1) is 15.8. The van der Waals surface area contributed by atoms with Gasteiger partial charge in [-0.15, -0.1) is 0 Å². The van der Waals surface area contributed by atoms with Crippen molar-refractivity contribution in [3.8, 4) is 17.2 Å². The maximum atomic E-state index is 13.0. The van der Waals surface area contributed by atoms with E-state index in [0.29, 0.717) is 49.5 Å². The summed E-state index contributed by atoms with van der Waals surface area (Å²) in [4.78, 5) is 17.7. The zero-order valence-corrected chi connectivity index (χ0v) is 22.1. The number of methoxy groups -OCH3 is 1. The lowest BCUT2D eigenvalue weighted by Crippen LogP contribution is -2.14. The fourth-order valence-electron chi connectivity index (χ4n) is 3.49. The fraction of sp³-hybridized carbons (Fsp3) is 0.200. The van der Waals surface area contributed by atoms with Crippen LogP contribution in [0, 0.1) is 0 Å². The average molecular weight is 593 g/mol. The van der Waals surface area contributed by atoms with E-state index in [4.69, 9.17) is 20.8 Å². The Hall–Kier alpha value is -2.35. The highest BCUT2D eigenvalue weighted by Gasteiger charge is 2.19. The average Bonchev–Trinajstić information content (AvgIpc) is 3.22. The zero-order chi connectivity index (χ0) is 23.7. The van der Waals surface area contributed by atoms with Gasteiger partial charge in [0.05, 0.1) is 27.9 Å². The van der Waals surface area contributed by atoms with Gasteiger partial charge in [-0.2, -0.15) is 0 Å². The van der Waals surface area contributed by atoms with Crippen LogP contribution >= 0.6 is 43.5 Å². The Bertz CT molecular complexity index is 1350. The number of hydrogen-bond donors (Lipinski definition) is 1. The maximum Gasteiger partial charge on any atom is 0.259 e. The van der Waals surface area contributed by atoms with Crippen LogP contribution in [0.1, 0.15) is 42.1 Å². The van der Waals surface area contributed by atoms with E-state index in [2.05, 4.69) is 68.1 Å². The smallest absolute Gasteiger partial charge is 0.259 e. The lowest BCUT2D eigenvalue weighted by molar-refractivity contribution is 0.102. The van der Waals surface area contributed by atoms with Crippen LogP contribution < -0.4 is 10.1 Å². The van der Waals surface area contributed by atoms with Crippen LogP contribution in [-0.4, -0.2) is 18.0 Å². The second-order valence-electron chi connectivity index (χ2n) is 7.67. The van der Waals surface area contributed by atoms with Crippen LogP contribution in [0.5, 0.6) is 5.75 Å². The van der Waals surface area contributed by atoms with E-state index in [9.17, 15) is 4.79 Å². The molecule has 1 unspecified atom stereocenters. The Balaban J connectivity index is 1.67. The fourth-order valence-corrected chi connectivity index (χ4v) is 5.04. The third kappa shape index (κ3) is 4.95. The van der Waals surface area contributed by atoms with Crippen molar-refractivity contribution in [3.05, 3.63) is 73.6 Å². The zero-order valence-electron chi connectivity index (χ0n) is 18.2. The summed E-state index contributed by atoms with van der Waals surface area (Å²) < 4.78 is 12.8. The number of anilines is 1. The quantitative estimate of drug-likeness (QED) is 0.244. The van der Waals surface area contributed by atoms with E-state index >= 15 is 0 Å². The van der Waals surface area contributed by atoms with Crippen molar-refractivity contribution < 1.29 is 13.9 Å². The number of halogens is 3. The van der Waals surface area contributed by atoms with Gasteiger partial charge in [-0.25, -0.2) is 4.98 Å². The molecule has 0 spiro atoms. The van der Waals surface area contributed by atoms with Crippen LogP contribution in [0.15, 0.2) is 61.9 Å². The van der Waals surface area contributed by atoms with E-state index < -0.39 is 0 Å². The molecule has 1 atom stereocenters. The van der Waals surface area contributed by atoms with Crippen molar-refractivity contribution in [2.24, 2.45) is 0 Å². The molecule has 0 saturated carbocycles. The van der Waals surface area contributed by atoms with Gasteiger partial charge in [0.15, 0.2) is 5.58 Å². The normalized spacial score (nSPS) is 12.1. The molecule has 8 heteroatoms. The minimum absolute atomic E-state index is 0.358. The summed E-state index contributed by atoms with van der Waals surface area (Å²) in [6, 6.07) is 14.8. The third-order valence-corrected chi connectivity index (χ3v) is 6.89. The van der Waals surface area contributed by atoms with Crippen molar-refractivity contribution in [1.29, 1.82) is 0 Å². The Morgan fingerprint density at radius 3 is 2.70 bits per heavy atom. The third-order valence-electron chi connectivity index (χ3n) is 5.51. The molecule has 0 aliphatic heterocycles. The highest BCUT2D eigenvalue weighted by atomic mass is 79.9. The highest BCUT2D eigenvalue weighted by Crippen LogP contribution is 2.35. The summed E-state index contributed by atoms with van der Waals surface area (Å²) in [5.41, 5.74) is 4.24. The molecule has 4 rings (SSSR count). The van der Waals surface area contributed by atoms with Gasteiger partial charge in [0.25, 0.3) is 5.91 Å². The van der Waals surface area contributed by atoms with Gasteiger partial charge in [-0.3, -0.25) is 4.79 Å². The number of fused-ring (bicyclic) bond motifs is 1. The number of aromatic nitrogens is 1. The minimum atomic E-state index is -0.358. The second-order valence-corrected chi connectivity index (χ2v) is 9.85. The molecule has 0 bridgehead atoms. The molecular weight excluding hydrogens is 572 g/mol. The molecule has 33 heavy (non-hydrogen) atoms. The van der Waals surface area contributed by atoms with Gasteiger partial charge >= 0.3 is 0 Å². The van der Waals surface area contributed by atoms with Gasteiger partial charge in [-0.05, 0) is 76.3 Å². The first-order valence-electron chi connectivity index (χ1n) is 10.4. The molecule has 1 amide bonds.